The summed E-state index contributed by atoms with van der Waals surface area (Å²) >= 11 is 0. The third-order valence-corrected chi connectivity index (χ3v) is 6.26. The lowest BCUT2D eigenvalue weighted by Gasteiger charge is -2.36. The van der Waals surface area contributed by atoms with Gasteiger partial charge in [0.25, 0.3) is 0 Å². The van der Waals surface area contributed by atoms with Crippen LogP contribution in [-0.2, 0) is 27.9 Å². The van der Waals surface area contributed by atoms with E-state index >= 15 is 0 Å². The minimum Gasteiger partial charge on any atom is -0.478 e. The fourth-order valence-corrected chi connectivity index (χ4v) is 3.97. The largest absolute Gasteiger partial charge is 0.478 e. The van der Waals surface area contributed by atoms with Gasteiger partial charge >= 0.3 is 5.97 Å². The third kappa shape index (κ3) is 6.26. The molecule has 34 heavy (non-hydrogen) atoms. The van der Waals surface area contributed by atoms with E-state index in [2.05, 4.69) is 10.6 Å². The quantitative estimate of drug-likeness (QED) is 0.489. The molecule has 0 saturated heterocycles. The summed E-state index contributed by atoms with van der Waals surface area (Å²) in [5.74, 6) is -1.57. The van der Waals surface area contributed by atoms with Crippen LogP contribution in [0.4, 0.5) is 0 Å². The molecule has 2 amide bonds. The highest BCUT2D eigenvalue weighted by atomic mass is 16.4. The number of amides is 2. The lowest BCUT2D eigenvalue weighted by atomic mass is 9.85. The maximum Gasteiger partial charge on any atom is 0.331 e. The van der Waals surface area contributed by atoms with Crippen molar-refractivity contribution in [3.05, 3.63) is 47.7 Å². The van der Waals surface area contributed by atoms with Crippen LogP contribution in [0.1, 0.15) is 40.2 Å². The van der Waals surface area contributed by atoms with Gasteiger partial charge in [-0.15, -0.1) is 0 Å². The molecule has 0 spiro atoms. The summed E-state index contributed by atoms with van der Waals surface area (Å²) < 4.78 is 2.04. The molecule has 8 heteroatoms. The van der Waals surface area contributed by atoms with Crippen molar-refractivity contribution in [3.63, 3.8) is 0 Å². The zero-order valence-corrected chi connectivity index (χ0v) is 21.5. The highest BCUT2D eigenvalue weighted by Gasteiger charge is 2.37. The van der Waals surface area contributed by atoms with Crippen molar-refractivity contribution in [1.82, 2.24) is 20.1 Å². The summed E-state index contributed by atoms with van der Waals surface area (Å²) in [6.07, 6.45) is 4.03. The van der Waals surface area contributed by atoms with Gasteiger partial charge in [0.1, 0.15) is 6.04 Å². The number of para-hydroxylation sites is 1. The van der Waals surface area contributed by atoms with Crippen LogP contribution in [0, 0.1) is 5.41 Å². The van der Waals surface area contributed by atoms with E-state index in [9.17, 15) is 14.4 Å². The molecule has 0 aliphatic heterocycles. The lowest BCUT2D eigenvalue weighted by molar-refractivity contribution is -0.139. The molecular weight excluding hydrogens is 432 g/mol. The molecule has 0 aliphatic rings. The molecule has 1 heterocycles. The van der Waals surface area contributed by atoms with Gasteiger partial charge in [-0.25, -0.2) is 4.79 Å². The number of nitrogens with one attached hydrogen (secondary N) is 2. The first-order valence-electron chi connectivity index (χ1n) is 11.5. The van der Waals surface area contributed by atoms with Crippen LogP contribution in [0.15, 0.2) is 42.1 Å². The van der Waals surface area contributed by atoms with Gasteiger partial charge in [-0.2, -0.15) is 0 Å². The number of carbonyl (C=O) groups is 3. The second kappa shape index (κ2) is 10.9. The van der Waals surface area contributed by atoms with Crippen molar-refractivity contribution in [2.24, 2.45) is 12.5 Å². The standard InChI is InChI=1S/C26H38N4O4/c1-16(25(33)34)13-17(2)30(8)24(32)22(26(3,4)5)28-23(31)20(27-6)14-18-15-29(7)21-12-10-9-11-19(18)21/h9-13,15,17,20,22,27H,14H2,1-8H3,(H,28,31)(H,33,34)/b16-13+/t17-,20+,22-/m1/s1. The van der Waals surface area contributed by atoms with Crippen molar-refractivity contribution >= 4 is 28.7 Å². The molecular formula is C26H38N4O4. The second-order valence-electron chi connectivity index (χ2n) is 9.98. The number of aliphatic carboxylic acids is 1. The van der Waals surface area contributed by atoms with Crippen LogP contribution in [0.5, 0.6) is 0 Å². The summed E-state index contributed by atoms with van der Waals surface area (Å²) in [4.78, 5) is 39.3. The van der Waals surface area contributed by atoms with Gasteiger partial charge in [0, 0.05) is 42.8 Å². The number of likely N-dealkylation sites (N-methyl/N-ethyl adjacent to an activating group) is 2. The molecule has 3 N–H and O–H groups in total. The van der Waals surface area contributed by atoms with Crippen molar-refractivity contribution in [3.8, 4) is 0 Å². The number of aromatic nitrogens is 1. The highest BCUT2D eigenvalue weighted by Crippen LogP contribution is 2.24. The Morgan fingerprint density at radius 2 is 1.82 bits per heavy atom. The van der Waals surface area contributed by atoms with Gasteiger partial charge in [-0.05, 0) is 44.4 Å². The number of hydrogen-bond donors (Lipinski definition) is 3. The zero-order valence-electron chi connectivity index (χ0n) is 21.5. The third-order valence-electron chi connectivity index (χ3n) is 6.26. The zero-order chi connectivity index (χ0) is 25.8. The molecule has 0 saturated carbocycles. The van der Waals surface area contributed by atoms with Crippen LogP contribution in [0.2, 0.25) is 0 Å². The predicted molar refractivity (Wildman–Crippen MR) is 134 cm³/mol. The molecule has 0 unspecified atom stereocenters. The molecule has 8 nitrogen and oxygen atoms in total. The van der Waals surface area contributed by atoms with Crippen LogP contribution in [0.3, 0.4) is 0 Å². The Morgan fingerprint density at radius 3 is 2.38 bits per heavy atom. The maximum absolute atomic E-state index is 13.4. The van der Waals surface area contributed by atoms with Crippen LogP contribution >= 0.6 is 0 Å². The van der Waals surface area contributed by atoms with E-state index < -0.39 is 29.5 Å². The summed E-state index contributed by atoms with van der Waals surface area (Å²) in [5.41, 5.74) is 1.75. The summed E-state index contributed by atoms with van der Waals surface area (Å²) in [5, 5.41) is 16.3. The van der Waals surface area contributed by atoms with E-state index in [-0.39, 0.29) is 17.4 Å². The van der Waals surface area contributed by atoms with Crippen molar-refractivity contribution in [2.75, 3.05) is 14.1 Å². The second-order valence-corrected chi connectivity index (χ2v) is 9.98. The van der Waals surface area contributed by atoms with E-state index in [1.54, 1.807) is 21.0 Å². The van der Waals surface area contributed by atoms with Gasteiger partial charge in [0.05, 0.1) is 6.04 Å². The molecule has 3 atom stereocenters. The van der Waals surface area contributed by atoms with Crippen LogP contribution in [-0.4, -0.2) is 64.6 Å². The molecule has 0 bridgehead atoms. The molecule has 186 valence electrons. The Bertz CT molecular complexity index is 1080. The van der Waals surface area contributed by atoms with Crippen molar-refractivity contribution < 1.29 is 19.5 Å². The van der Waals surface area contributed by atoms with Crippen molar-refractivity contribution in [1.29, 1.82) is 0 Å². The number of carboxylic acid groups (broad SMARTS) is 1. The number of carboxylic acids is 1. The van der Waals surface area contributed by atoms with Gasteiger partial charge in [-0.3, -0.25) is 9.59 Å². The number of carbonyl (C=O) groups excluding carboxylic acids is 2. The molecule has 1 aromatic heterocycles. The smallest absolute Gasteiger partial charge is 0.331 e. The Balaban J connectivity index is 2.24. The monoisotopic (exact) mass is 470 g/mol. The van der Waals surface area contributed by atoms with E-state index in [4.69, 9.17) is 5.11 Å². The number of hydrogen-bond acceptors (Lipinski definition) is 4. The molecule has 1 aromatic carbocycles. The Hall–Kier alpha value is -3.13. The fraction of sp³-hybridized carbons (Fsp3) is 0.500. The normalized spacial score (nSPS) is 15.0. The van der Waals surface area contributed by atoms with Gasteiger partial charge in [0.15, 0.2) is 0 Å². The number of benzene rings is 1. The number of rotatable bonds is 9. The van der Waals surface area contributed by atoms with Gasteiger partial charge in [0.2, 0.25) is 11.8 Å². The fourth-order valence-electron chi connectivity index (χ4n) is 3.97. The molecule has 2 aromatic rings. The molecule has 2 rings (SSSR count). The first-order chi connectivity index (χ1) is 15.8. The SMILES string of the molecule is CN[C@@H](Cc1cn(C)c2ccccc12)C(=O)N[C@H](C(=O)N(C)[C@H](C)/C=C(\C)C(=O)O)C(C)(C)C. The molecule has 0 aliphatic carbocycles. The average molecular weight is 471 g/mol. The first-order valence-corrected chi connectivity index (χ1v) is 11.5. The predicted octanol–water partition coefficient (Wildman–Crippen LogP) is 2.72. The maximum atomic E-state index is 13.4. The van der Waals surface area contributed by atoms with Crippen LogP contribution in [0.25, 0.3) is 10.9 Å². The Kier molecular flexibility index (Phi) is 8.66. The van der Waals surface area contributed by atoms with Gasteiger partial charge < -0.3 is 25.2 Å². The van der Waals surface area contributed by atoms with Gasteiger partial charge in [-0.1, -0.05) is 45.0 Å². The molecule has 0 radical (unpaired) electrons. The van der Waals surface area contributed by atoms with E-state index in [1.807, 2.05) is 62.8 Å². The summed E-state index contributed by atoms with van der Waals surface area (Å²) in [6, 6.07) is 6.29. The van der Waals surface area contributed by atoms with Crippen molar-refractivity contribution in [2.45, 2.75) is 59.2 Å². The first kappa shape index (κ1) is 27.1. The van der Waals surface area contributed by atoms with E-state index in [0.29, 0.717) is 6.42 Å². The number of nitrogens with zero attached hydrogens (tertiary/aromatic N) is 2. The molecule has 0 fully saturated rings. The highest BCUT2D eigenvalue weighted by molar-refractivity contribution is 5.92. The topological polar surface area (TPSA) is 104 Å². The Morgan fingerprint density at radius 1 is 1.21 bits per heavy atom. The lowest BCUT2D eigenvalue weighted by Crippen LogP contribution is -2.58. The summed E-state index contributed by atoms with van der Waals surface area (Å²) in [6.45, 7) is 8.93. The van der Waals surface area contributed by atoms with E-state index in [0.717, 1.165) is 16.5 Å². The number of aryl methyl sites for hydroxylation is 1. The summed E-state index contributed by atoms with van der Waals surface area (Å²) in [7, 11) is 5.33. The minimum atomic E-state index is -1.03. The Labute approximate surface area is 202 Å². The minimum absolute atomic E-state index is 0.161. The number of fused-ring (bicyclic) bond motifs is 1. The van der Waals surface area contributed by atoms with E-state index in [1.165, 1.54) is 17.9 Å². The average Bonchev–Trinajstić information content (AvgIpc) is 3.09. The van der Waals surface area contributed by atoms with Crippen LogP contribution < -0.4 is 10.6 Å².